The zero-order valence-electron chi connectivity index (χ0n) is 17.7. The quantitative estimate of drug-likeness (QED) is 0.230. The number of nitrogens with one attached hydrogen (secondary N) is 1. The number of hydrogen-bond acceptors (Lipinski definition) is 8. The highest BCUT2D eigenvalue weighted by atomic mass is 32.2. The van der Waals surface area contributed by atoms with Crippen molar-refractivity contribution in [2.75, 3.05) is 11.1 Å². The SMILES string of the molecule is Cc1cc(C)c2nc3sc4c(SCC(=O)Nc5nc6ccccc6s5)ncnc4c3cc2c1. The number of aryl methyl sites for hydroxylation is 2. The van der Waals surface area contributed by atoms with Crippen LogP contribution in [0.4, 0.5) is 5.13 Å². The molecular weight excluding hydrogens is 470 g/mol. The lowest BCUT2D eigenvalue weighted by molar-refractivity contribution is -0.113. The van der Waals surface area contributed by atoms with Gasteiger partial charge in [-0.1, -0.05) is 46.9 Å². The highest BCUT2D eigenvalue weighted by molar-refractivity contribution is 8.00. The van der Waals surface area contributed by atoms with Gasteiger partial charge in [0.15, 0.2) is 5.13 Å². The van der Waals surface area contributed by atoms with E-state index in [-0.39, 0.29) is 11.7 Å². The van der Waals surface area contributed by atoms with Crippen molar-refractivity contribution < 1.29 is 4.79 Å². The lowest BCUT2D eigenvalue weighted by Crippen LogP contribution is -2.13. The Bertz CT molecular complexity index is 1670. The molecule has 0 fully saturated rings. The second-order valence-corrected chi connectivity index (χ2v) is 10.8. The van der Waals surface area contributed by atoms with Gasteiger partial charge < -0.3 is 5.32 Å². The van der Waals surface area contributed by atoms with E-state index in [0.29, 0.717) is 5.13 Å². The number of thioether (sulfide) groups is 1. The van der Waals surface area contributed by atoms with Crippen LogP contribution in [0.25, 0.3) is 41.6 Å². The number of nitrogens with zero attached hydrogens (tertiary/aromatic N) is 4. The largest absolute Gasteiger partial charge is 0.301 e. The Labute approximate surface area is 201 Å². The Morgan fingerprint density at radius 3 is 2.79 bits per heavy atom. The van der Waals surface area contributed by atoms with Crippen LogP contribution in [-0.2, 0) is 4.79 Å². The number of aromatic nitrogens is 4. The number of amides is 1. The van der Waals surface area contributed by atoms with Crippen LogP contribution < -0.4 is 5.32 Å². The minimum atomic E-state index is -0.109. The maximum atomic E-state index is 12.6. The number of carbonyl (C=O) groups is 1. The van der Waals surface area contributed by atoms with Crippen LogP contribution in [0.2, 0.25) is 0 Å². The van der Waals surface area contributed by atoms with Gasteiger partial charge in [0, 0.05) is 10.8 Å². The Hall–Kier alpha value is -3.14. The predicted molar refractivity (Wildman–Crippen MR) is 139 cm³/mol. The first-order valence-electron chi connectivity index (χ1n) is 10.3. The maximum absolute atomic E-state index is 12.6. The van der Waals surface area contributed by atoms with E-state index < -0.39 is 0 Å². The van der Waals surface area contributed by atoms with E-state index in [1.807, 2.05) is 24.3 Å². The van der Waals surface area contributed by atoms with Gasteiger partial charge >= 0.3 is 0 Å². The molecule has 0 radical (unpaired) electrons. The molecule has 4 heterocycles. The second-order valence-electron chi connectivity index (χ2n) is 7.78. The highest BCUT2D eigenvalue weighted by Gasteiger charge is 2.16. The summed E-state index contributed by atoms with van der Waals surface area (Å²) in [5.41, 5.74) is 5.16. The number of thiophene rings is 1. The van der Waals surface area contributed by atoms with E-state index >= 15 is 0 Å². The lowest BCUT2D eigenvalue weighted by atomic mass is 10.1. The molecule has 2 aromatic carbocycles. The molecular formula is C24H17N5OS3. The molecule has 0 atom stereocenters. The van der Waals surface area contributed by atoms with Crippen molar-refractivity contribution in [3.63, 3.8) is 0 Å². The summed E-state index contributed by atoms with van der Waals surface area (Å²) < 4.78 is 2.01. The molecule has 0 bridgehead atoms. The van der Waals surface area contributed by atoms with Crippen LogP contribution in [0, 0.1) is 13.8 Å². The summed E-state index contributed by atoms with van der Waals surface area (Å²) in [5.74, 6) is 0.131. The summed E-state index contributed by atoms with van der Waals surface area (Å²) >= 11 is 4.45. The molecule has 4 aromatic heterocycles. The molecule has 1 N–H and O–H groups in total. The summed E-state index contributed by atoms with van der Waals surface area (Å²) in [6.07, 6.45) is 1.56. The van der Waals surface area contributed by atoms with Crippen molar-refractivity contribution >= 4 is 87.0 Å². The van der Waals surface area contributed by atoms with Crippen LogP contribution in [0.15, 0.2) is 53.8 Å². The number of anilines is 1. The molecule has 6 nitrogen and oxygen atoms in total. The number of hydrogen-bond donors (Lipinski definition) is 1. The average Bonchev–Trinajstić information content (AvgIpc) is 3.37. The molecule has 1 amide bonds. The topological polar surface area (TPSA) is 80.7 Å². The summed E-state index contributed by atoms with van der Waals surface area (Å²) in [7, 11) is 0. The molecule has 0 saturated carbocycles. The first-order valence-corrected chi connectivity index (χ1v) is 12.9. The Kier molecular flexibility index (Phi) is 4.97. The van der Waals surface area contributed by atoms with Crippen LogP contribution >= 0.6 is 34.4 Å². The van der Waals surface area contributed by atoms with E-state index in [0.717, 1.165) is 52.1 Å². The van der Waals surface area contributed by atoms with Gasteiger partial charge in [-0.3, -0.25) is 4.79 Å². The monoisotopic (exact) mass is 487 g/mol. The molecule has 0 unspecified atom stereocenters. The van der Waals surface area contributed by atoms with Crippen molar-refractivity contribution in [2.24, 2.45) is 0 Å². The summed E-state index contributed by atoms with van der Waals surface area (Å²) in [6.45, 7) is 4.19. The molecule has 6 rings (SSSR count). The number of pyridine rings is 1. The van der Waals surface area contributed by atoms with Crippen molar-refractivity contribution in [1.29, 1.82) is 0 Å². The third-order valence-electron chi connectivity index (χ3n) is 5.32. The van der Waals surface area contributed by atoms with E-state index in [1.54, 1.807) is 17.7 Å². The molecule has 9 heteroatoms. The van der Waals surface area contributed by atoms with Crippen molar-refractivity contribution in [3.8, 4) is 0 Å². The van der Waals surface area contributed by atoms with Crippen molar-refractivity contribution in [3.05, 3.63) is 59.9 Å². The van der Waals surface area contributed by atoms with Crippen LogP contribution in [0.5, 0.6) is 0 Å². The average molecular weight is 488 g/mol. The van der Waals surface area contributed by atoms with E-state index in [2.05, 4.69) is 52.3 Å². The number of carbonyl (C=O) groups excluding carboxylic acids is 1. The Morgan fingerprint density at radius 1 is 1.03 bits per heavy atom. The fraction of sp³-hybridized carbons (Fsp3) is 0.125. The second kappa shape index (κ2) is 8.02. The summed E-state index contributed by atoms with van der Waals surface area (Å²) in [5, 5.41) is 6.44. The molecule has 0 aliphatic heterocycles. The van der Waals surface area contributed by atoms with E-state index in [9.17, 15) is 4.79 Å². The van der Waals surface area contributed by atoms with Gasteiger partial charge in [0.1, 0.15) is 16.2 Å². The van der Waals surface area contributed by atoms with Gasteiger partial charge in [0.05, 0.1) is 31.7 Å². The van der Waals surface area contributed by atoms with Gasteiger partial charge in [0.2, 0.25) is 5.91 Å². The molecule has 0 saturated heterocycles. The van der Waals surface area contributed by atoms with Crippen molar-refractivity contribution in [2.45, 2.75) is 18.9 Å². The molecule has 0 spiro atoms. The van der Waals surface area contributed by atoms with Gasteiger partial charge in [-0.15, -0.1) is 11.3 Å². The van der Waals surface area contributed by atoms with Crippen molar-refractivity contribution in [1.82, 2.24) is 19.9 Å². The van der Waals surface area contributed by atoms with Crippen LogP contribution in [0.3, 0.4) is 0 Å². The molecule has 6 aromatic rings. The normalized spacial score (nSPS) is 11.7. The van der Waals surface area contributed by atoms with Gasteiger partial charge in [-0.2, -0.15) is 0 Å². The summed E-state index contributed by atoms with van der Waals surface area (Å²) in [4.78, 5) is 31.9. The zero-order chi connectivity index (χ0) is 22.5. The highest BCUT2D eigenvalue weighted by Crippen LogP contribution is 2.38. The maximum Gasteiger partial charge on any atom is 0.236 e. The Morgan fingerprint density at radius 2 is 1.91 bits per heavy atom. The number of rotatable bonds is 4. The van der Waals surface area contributed by atoms with Gasteiger partial charge in [-0.25, -0.2) is 19.9 Å². The fourth-order valence-corrected chi connectivity index (χ4v) is 6.81. The van der Waals surface area contributed by atoms with Crippen LogP contribution in [0.1, 0.15) is 11.1 Å². The molecule has 0 aliphatic carbocycles. The number of benzene rings is 2. The smallest absolute Gasteiger partial charge is 0.236 e. The standard InChI is InChI=1S/C24H17N5OS3/c1-12-7-13(2)19-14(8-12)9-15-20-21(33-22(15)29-19)23(26-11-25-20)31-10-18(30)28-24-27-16-5-3-4-6-17(16)32-24/h3-9,11H,10H2,1-2H3,(H,27,28,30). The lowest BCUT2D eigenvalue weighted by Gasteiger charge is -2.04. The molecule has 162 valence electrons. The van der Waals surface area contributed by atoms with E-state index in [1.165, 1.54) is 28.7 Å². The van der Waals surface area contributed by atoms with Gasteiger partial charge in [-0.05, 0) is 43.7 Å². The predicted octanol–water partition coefficient (Wildman–Crippen LogP) is 6.35. The molecule has 0 aliphatic rings. The summed E-state index contributed by atoms with van der Waals surface area (Å²) in [6, 6.07) is 14.3. The third-order valence-corrected chi connectivity index (χ3v) is 8.49. The first-order chi connectivity index (χ1) is 16.0. The van der Waals surface area contributed by atoms with Gasteiger partial charge in [0.25, 0.3) is 0 Å². The minimum Gasteiger partial charge on any atom is -0.301 e. The third kappa shape index (κ3) is 3.72. The molecule has 33 heavy (non-hydrogen) atoms. The first kappa shape index (κ1) is 20.5. The fourth-order valence-electron chi connectivity index (χ4n) is 3.94. The number of fused-ring (bicyclic) bond motifs is 5. The zero-order valence-corrected chi connectivity index (χ0v) is 20.2. The van der Waals surface area contributed by atoms with Crippen LogP contribution in [-0.4, -0.2) is 31.6 Å². The van der Waals surface area contributed by atoms with E-state index in [4.69, 9.17) is 4.98 Å². The minimum absolute atomic E-state index is 0.109. The number of thiazole rings is 1. The number of para-hydroxylation sites is 1. The Balaban J connectivity index is 1.30.